The van der Waals surface area contributed by atoms with Gasteiger partial charge >= 0.3 is 0 Å². The van der Waals surface area contributed by atoms with E-state index >= 15 is 0 Å². The number of fused-ring (bicyclic) bond motifs is 1. The molecule has 1 aromatic heterocycles. The monoisotopic (exact) mass is 357 g/mol. The summed E-state index contributed by atoms with van der Waals surface area (Å²) in [5, 5.41) is 0. The molecule has 4 rings (SSSR count). The van der Waals surface area contributed by atoms with Gasteiger partial charge in [-0.25, -0.2) is 4.39 Å². The van der Waals surface area contributed by atoms with Gasteiger partial charge in [0, 0.05) is 44.3 Å². The highest BCUT2D eigenvalue weighted by Gasteiger charge is 2.39. The summed E-state index contributed by atoms with van der Waals surface area (Å²) in [7, 11) is 2.06. The Kier molecular flexibility index (Phi) is 4.78. The predicted molar refractivity (Wildman–Crippen MR) is 97.3 cm³/mol. The molecule has 1 aromatic carbocycles. The molecular weight excluding hydrogens is 333 g/mol. The zero-order chi connectivity index (χ0) is 18.1. The predicted octanol–water partition coefficient (Wildman–Crippen LogP) is 2.56. The first-order valence-electron chi connectivity index (χ1n) is 9.13. The molecule has 0 spiro atoms. The third-order valence-corrected chi connectivity index (χ3v) is 5.46. The minimum atomic E-state index is -0.291. The van der Waals surface area contributed by atoms with Gasteiger partial charge in [-0.15, -0.1) is 0 Å². The quantitative estimate of drug-likeness (QED) is 0.847. The number of morpholine rings is 1. The first kappa shape index (κ1) is 17.2. The Morgan fingerprint density at radius 3 is 2.65 bits per heavy atom. The summed E-state index contributed by atoms with van der Waals surface area (Å²) in [4.78, 5) is 16.8. The molecule has 0 bridgehead atoms. The van der Waals surface area contributed by atoms with Crippen LogP contribution in [0.2, 0.25) is 0 Å². The van der Waals surface area contributed by atoms with E-state index in [-0.39, 0.29) is 30.5 Å². The summed E-state index contributed by atoms with van der Waals surface area (Å²) in [6.07, 6.45) is 3.82. The lowest BCUT2D eigenvalue weighted by Crippen LogP contribution is -2.54. The summed E-state index contributed by atoms with van der Waals surface area (Å²) < 4.78 is 21.3. The average molecular weight is 357 g/mol. The average Bonchev–Trinajstić information content (AvgIpc) is 2.92. The lowest BCUT2D eigenvalue weighted by Gasteiger charge is -2.40. The summed E-state index contributed by atoms with van der Waals surface area (Å²) >= 11 is 0. The molecule has 0 saturated carbocycles. The number of carbonyl (C=O) groups is 1. The van der Waals surface area contributed by atoms with Crippen molar-refractivity contribution in [2.75, 3.05) is 24.6 Å². The van der Waals surface area contributed by atoms with Gasteiger partial charge in [0.15, 0.2) is 0 Å². The zero-order valence-corrected chi connectivity index (χ0v) is 15.0. The van der Waals surface area contributed by atoms with Crippen molar-refractivity contribution in [2.45, 2.75) is 31.5 Å². The maximum Gasteiger partial charge on any atom is 0.253 e. The van der Waals surface area contributed by atoms with E-state index in [1.807, 2.05) is 4.90 Å². The van der Waals surface area contributed by atoms with Gasteiger partial charge in [0.25, 0.3) is 5.91 Å². The zero-order valence-electron chi connectivity index (χ0n) is 15.0. The smallest absolute Gasteiger partial charge is 0.253 e. The van der Waals surface area contributed by atoms with Gasteiger partial charge in [0.1, 0.15) is 12.4 Å². The largest absolute Gasteiger partial charge is 0.366 e. The SMILES string of the molecule is Cn1cccc1CN1CC[C@@H]2OCC(=O)N(c3ccc(F)cc3)[C@H]2CC1. The molecule has 2 fully saturated rings. The molecule has 0 N–H and O–H groups in total. The Balaban J connectivity index is 1.51. The van der Waals surface area contributed by atoms with Gasteiger partial charge in [-0.05, 0) is 49.2 Å². The Morgan fingerprint density at radius 2 is 1.92 bits per heavy atom. The van der Waals surface area contributed by atoms with E-state index in [9.17, 15) is 9.18 Å². The van der Waals surface area contributed by atoms with Crippen LogP contribution in [0.4, 0.5) is 10.1 Å². The fourth-order valence-electron chi connectivity index (χ4n) is 4.02. The number of amides is 1. The molecule has 2 aliphatic rings. The van der Waals surface area contributed by atoms with Crippen molar-refractivity contribution in [3.8, 4) is 0 Å². The topological polar surface area (TPSA) is 37.7 Å². The number of halogens is 1. The van der Waals surface area contributed by atoms with Gasteiger partial charge in [-0.2, -0.15) is 0 Å². The van der Waals surface area contributed by atoms with Crippen LogP contribution in [0.15, 0.2) is 42.6 Å². The highest BCUT2D eigenvalue weighted by molar-refractivity contribution is 5.95. The highest BCUT2D eigenvalue weighted by Crippen LogP contribution is 2.29. The van der Waals surface area contributed by atoms with Gasteiger partial charge in [0.05, 0.1) is 12.1 Å². The van der Waals surface area contributed by atoms with Crippen LogP contribution >= 0.6 is 0 Å². The van der Waals surface area contributed by atoms with Crippen molar-refractivity contribution in [2.24, 2.45) is 7.05 Å². The molecule has 0 aliphatic carbocycles. The third kappa shape index (κ3) is 3.39. The van der Waals surface area contributed by atoms with Crippen molar-refractivity contribution in [3.05, 3.63) is 54.1 Å². The van der Waals surface area contributed by atoms with Crippen molar-refractivity contribution in [3.63, 3.8) is 0 Å². The fraction of sp³-hybridized carbons (Fsp3) is 0.450. The normalized spacial score (nSPS) is 24.4. The lowest BCUT2D eigenvalue weighted by atomic mass is 10.0. The van der Waals surface area contributed by atoms with Gasteiger partial charge in [-0.1, -0.05) is 0 Å². The maximum absolute atomic E-state index is 13.3. The van der Waals surface area contributed by atoms with Crippen LogP contribution in [0.1, 0.15) is 18.5 Å². The number of ether oxygens (including phenoxy) is 1. The first-order valence-corrected chi connectivity index (χ1v) is 9.13. The Bertz CT molecular complexity index is 774. The van der Waals surface area contributed by atoms with Crippen LogP contribution < -0.4 is 4.90 Å². The van der Waals surface area contributed by atoms with E-state index in [0.717, 1.165) is 38.2 Å². The number of rotatable bonds is 3. The Hall–Kier alpha value is -2.18. The second kappa shape index (κ2) is 7.21. The molecule has 138 valence electrons. The van der Waals surface area contributed by atoms with Crippen LogP contribution in [0.3, 0.4) is 0 Å². The van der Waals surface area contributed by atoms with Crippen LogP contribution in [-0.4, -0.2) is 47.2 Å². The second-order valence-corrected chi connectivity index (χ2v) is 7.12. The minimum Gasteiger partial charge on any atom is -0.366 e. The lowest BCUT2D eigenvalue weighted by molar-refractivity contribution is -0.132. The molecule has 3 heterocycles. The fourth-order valence-corrected chi connectivity index (χ4v) is 4.02. The van der Waals surface area contributed by atoms with Crippen molar-refractivity contribution < 1.29 is 13.9 Å². The molecule has 0 unspecified atom stereocenters. The minimum absolute atomic E-state index is 0.000114. The number of carbonyl (C=O) groups excluding carboxylic acids is 1. The van der Waals surface area contributed by atoms with E-state index in [2.05, 4.69) is 34.8 Å². The van der Waals surface area contributed by atoms with Crippen molar-refractivity contribution >= 4 is 11.6 Å². The summed E-state index contributed by atoms with van der Waals surface area (Å²) in [5.74, 6) is -0.339. The molecule has 0 radical (unpaired) electrons. The number of aryl methyl sites for hydroxylation is 1. The van der Waals surface area contributed by atoms with Crippen LogP contribution in [-0.2, 0) is 23.1 Å². The Morgan fingerprint density at radius 1 is 1.15 bits per heavy atom. The van der Waals surface area contributed by atoms with E-state index in [0.29, 0.717) is 0 Å². The number of nitrogens with zero attached hydrogens (tertiary/aromatic N) is 3. The van der Waals surface area contributed by atoms with Crippen molar-refractivity contribution in [1.29, 1.82) is 0 Å². The van der Waals surface area contributed by atoms with E-state index in [4.69, 9.17) is 4.74 Å². The van der Waals surface area contributed by atoms with Crippen molar-refractivity contribution in [1.82, 2.24) is 9.47 Å². The molecule has 2 atom stereocenters. The molecular formula is C20H24FN3O2. The number of anilines is 1. The standard InChI is InChI=1S/C20H24FN3O2/c1-22-10-2-3-17(22)13-23-11-8-18-19(9-12-23)26-14-20(25)24(18)16-6-4-15(21)5-7-16/h2-7,10,18-19H,8-9,11-14H2,1H3/t18-,19-/m0/s1. The summed E-state index contributed by atoms with van der Waals surface area (Å²) in [5.41, 5.74) is 2.04. The first-order chi connectivity index (χ1) is 12.6. The van der Waals surface area contributed by atoms with Crippen LogP contribution in [0.5, 0.6) is 0 Å². The molecule has 6 heteroatoms. The van der Waals surface area contributed by atoms with Gasteiger partial charge < -0.3 is 14.2 Å². The van der Waals surface area contributed by atoms with E-state index in [1.54, 1.807) is 12.1 Å². The molecule has 26 heavy (non-hydrogen) atoms. The molecule has 2 aromatic rings. The number of likely N-dealkylation sites (tertiary alicyclic amines) is 1. The molecule has 5 nitrogen and oxygen atoms in total. The van der Waals surface area contributed by atoms with E-state index in [1.165, 1.54) is 17.8 Å². The maximum atomic E-state index is 13.3. The van der Waals surface area contributed by atoms with Crippen LogP contribution in [0, 0.1) is 5.82 Å². The van der Waals surface area contributed by atoms with Crippen LogP contribution in [0.25, 0.3) is 0 Å². The number of benzene rings is 1. The second-order valence-electron chi connectivity index (χ2n) is 7.12. The number of aromatic nitrogens is 1. The van der Waals surface area contributed by atoms with E-state index < -0.39 is 0 Å². The number of hydrogen-bond acceptors (Lipinski definition) is 3. The molecule has 2 aliphatic heterocycles. The highest BCUT2D eigenvalue weighted by atomic mass is 19.1. The summed E-state index contributed by atoms with van der Waals surface area (Å²) in [6.45, 7) is 2.84. The molecule has 1 amide bonds. The summed E-state index contributed by atoms with van der Waals surface area (Å²) in [6, 6.07) is 10.4. The van der Waals surface area contributed by atoms with Gasteiger partial charge in [0.2, 0.25) is 0 Å². The third-order valence-electron chi connectivity index (χ3n) is 5.46. The van der Waals surface area contributed by atoms with Gasteiger partial charge in [-0.3, -0.25) is 9.69 Å². The Labute approximate surface area is 153 Å². The molecule has 2 saturated heterocycles. The number of hydrogen-bond donors (Lipinski definition) is 0.